The summed E-state index contributed by atoms with van der Waals surface area (Å²) < 4.78 is 60.7. The maximum Gasteiger partial charge on any atom is 0.490 e. The highest BCUT2D eigenvalue weighted by atomic mass is 19.4. The number of carbonyl (C=O) groups is 2. The molecule has 2 N–H and O–H groups in total. The lowest BCUT2D eigenvalue weighted by atomic mass is 10.0. The highest BCUT2D eigenvalue weighted by molar-refractivity contribution is 5.91. The van der Waals surface area contributed by atoms with Gasteiger partial charge in [-0.05, 0) is 53.9 Å². The van der Waals surface area contributed by atoms with E-state index in [0.717, 1.165) is 6.07 Å². The van der Waals surface area contributed by atoms with E-state index in [1.807, 2.05) is 12.1 Å². The fourth-order valence-corrected chi connectivity index (χ4v) is 3.56. The summed E-state index contributed by atoms with van der Waals surface area (Å²) in [4.78, 5) is 26.0. The minimum atomic E-state index is -5.08. The number of nitrogens with zero attached hydrogens (tertiary/aromatic N) is 5. The maximum absolute atomic E-state index is 13.6. The van der Waals surface area contributed by atoms with E-state index < -0.39 is 35.9 Å². The van der Waals surface area contributed by atoms with Crippen molar-refractivity contribution < 1.29 is 36.6 Å². The van der Waals surface area contributed by atoms with Gasteiger partial charge in [-0.1, -0.05) is 12.0 Å². The molecule has 0 unspecified atom stereocenters. The molecule has 0 spiro atoms. The van der Waals surface area contributed by atoms with Crippen LogP contribution in [0.1, 0.15) is 29.3 Å². The van der Waals surface area contributed by atoms with Crippen LogP contribution in [0.15, 0.2) is 72.1 Å². The lowest BCUT2D eigenvalue weighted by Crippen LogP contribution is -2.31. The van der Waals surface area contributed by atoms with E-state index in [4.69, 9.17) is 9.90 Å². The van der Waals surface area contributed by atoms with E-state index in [9.17, 15) is 26.7 Å². The zero-order valence-electron chi connectivity index (χ0n) is 20.1. The second-order valence-electron chi connectivity index (χ2n) is 8.10. The molecule has 0 bridgehead atoms. The van der Waals surface area contributed by atoms with Gasteiger partial charge in [0.1, 0.15) is 17.3 Å². The molecular weight excluding hydrogens is 539 g/mol. The number of hydrogen-bond donors (Lipinski definition) is 2. The molecule has 204 valence electrons. The zero-order chi connectivity index (χ0) is 28.9. The van der Waals surface area contributed by atoms with E-state index in [0.29, 0.717) is 34.6 Å². The first-order valence-electron chi connectivity index (χ1n) is 11.3. The minimum Gasteiger partial charge on any atom is -0.475 e. The first-order valence-corrected chi connectivity index (χ1v) is 11.3. The molecule has 2 aromatic heterocycles. The van der Waals surface area contributed by atoms with Gasteiger partial charge in [-0.15, -0.1) is 0 Å². The number of nitrogens with one attached hydrogen (secondary N) is 1. The quantitative estimate of drug-likeness (QED) is 0.267. The fraction of sp³-hybridized carbons (Fsp3) is 0.115. The van der Waals surface area contributed by atoms with Gasteiger partial charge in [0.2, 0.25) is 0 Å². The molecule has 0 radical (unpaired) electrons. The number of halogens is 5. The molecule has 1 aliphatic rings. The number of rotatable bonds is 2. The molecule has 9 nitrogen and oxygen atoms in total. The fourth-order valence-electron chi connectivity index (χ4n) is 3.56. The third-order valence-electron chi connectivity index (χ3n) is 5.28. The van der Waals surface area contributed by atoms with Crippen molar-refractivity contribution in [2.75, 3.05) is 5.32 Å². The number of amides is 2. The summed E-state index contributed by atoms with van der Waals surface area (Å²) in [5, 5.41) is 19.4. The molecule has 0 saturated carbocycles. The summed E-state index contributed by atoms with van der Waals surface area (Å²) in [6, 6.07) is 12.7. The molecule has 2 aromatic carbocycles. The average Bonchev–Trinajstić information content (AvgIpc) is 3.55. The van der Waals surface area contributed by atoms with Gasteiger partial charge in [0.25, 0.3) is 0 Å². The van der Waals surface area contributed by atoms with Crippen molar-refractivity contribution in [2.24, 2.45) is 5.10 Å². The molecule has 0 fully saturated rings. The van der Waals surface area contributed by atoms with Crippen LogP contribution >= 0.6 is 0 Å². The molecule has 1 atom stereocenters. The van der Waals surface area contributed by atoms with Gasteiger partial charge in [0.05, 0.1) is 12.2 Å². The largest absolute Gasteiger partial charge is 0.490 e. The first kappa shape index (κ1) is 27.7. The number of hydrazone groups is 1. The van der Waals surface area contributed by atoms with Crippen LogP contribution in [-0.2, 0) is 4.79 Å². The molecule has 40 heavy (non-hydrogen) atoms. The first-order chi connectivity index (χ1) is 19.0. The van der Waals surface area contributed by atoms with Crippen molar-refractivity contribution in [3.63, 3.8) is 0 Å². The second-order valence-corrected chi connectivity index (χ2v) is 8.10. The number of benzene rings is 2. The highest BCUT2D eigenvalue weighted by Gasteiger charge is 2.38. The standard InChI is InChI=1S/C24H16F2N6O.C2HF3O2/c25-18-12-17(13-19(26)14-18)22-8-10-29-32(22)24(33)30-20-4-1-3-16(11-20)6-7-21-15-27-23-5-2-9-28-31(21)23;3-2(4,5)1(6)7/h1-5,9-15,22H,8H2,(H,30,33);(H,6,7)/t22-;/m0./s1. The zero-order valence-corrected chi connectivity index (χ0v) is 20.1. The van der Waals surface area contributed by atoms with Gasteiger partial charge >= 0.3 is 18.2 Å². The summed E-state index contributed by atoms with van der Waals surface area (Å²) in [5.74, 6) is 1.90. The summed E-state index contributed by atoms with van der Waals surface area (Å²) in [5.41, 5.74) is 2.85. The Kier molecular flexibility index (Phi) is 8.04. The number of anilines is 1. The number of hydrogen-bond acceptors (Lipinski definition) is 5. The molecule has 4 aromatic rings. The van der Waals surface area contributed by atoms with E-state index in [1.165, 1.54) is 17.1 Å². The van der Waals surface area contributed by atoms with E-state index in [1.54, 1.807) is 47.4 Å². The Bertz CT molecular complexity index is 1640. The third-order valence-corrected chi connectivity index (χ3v) is 5.28. The van der Waals surface area contributed by atoms with Crippen molar-refractivity contribution in [1.82, 2.24) is 19.6 Å². The number of urea groups is 1. The molecule has 0 saturated heterocycles. The summed E-state index contributed by atoms with van der Waals surface area (Å²) in [6.45, 7) is 0. The molecular formula is C26H17F5N6O3. The molecule has 0 aliphatic carbocycles. The van der Waals surface area contributed by atoms with Crippen LogP contribution in [0.25, 0.3) is 5.65 Å². The lowest BCUT2D eigenvalue weighted by Gasteiger charge is -2.22. The topological polar surface area (TPSA) is 112 Å². The van der Waals surface area contributed by atoms with Crippen LogP contribution in [0.3, 0.4) is 0 Å². The Hall–Kier alpha value is -5.32. The van der Waals surface area contributed by atoms with Crippen LogP contribution in [0.5, 0.6) is 0 Å². The monoisotopic (exact) mass is 556 g/mol. The summed E-state index contributed by atoms with van der Waals surface area (Å²) >= 11 is 0. The maximum atomic E-state index is 13.6. The van der Waals surface area contributed by atoms with Crippen molar-refractivity contribution in [3.8, 4) is 11.8 Å². The lowest BCUT2D eigenvalue weighted by molar-refractivity contribution is -0.192. The molecule has 3 heterocycles. The van der Waals surface area contributed by atoms with Gasteiger partial charge in [-0.2, -0.15) is 23.4 Å². The van der Waals surface area contributed by atoms with Crippen molar-refractivity contribution in [3.05, 3.63) is 95.4 Å². The summed E-state index contributed by atoms with van der Waals surface area (Å²) in [7, 11) is 0. The Morgan fingerprint density at radius 1 is 1.02 bits per heavy atom. The predicted molar refractivity (Wildman–Crippen MR) is 132 cm³/mol. The van der Waals surface area contributed by atoms with Gasteiger partial charge in [-0.3, -0.25) is 0 Å². The number of imidazole rings is 1. The van der Waals surface area contributed by atoms with Crippen molar-refractivity contribution in [2.45, 2.75) is 18.6 Å². The Balaban J connectivity index is 0.000000470. The highest BCUT2D eigenvalue weighted by Crippen LogP contribution is 2.30. The van der Waals surface area contributed by atoms with Crippen molar-refractivity contribution in [1.29, 1.82) is 0 Å². The Labute approximate surface area is 222 Å². The predicted octanol–water partition coefficient (Wildman–Crippen LogP) is 5.01. The number of alkyl halides is 3. The van der Waals surface area contributed by atoms with E-state index in [-0.39, 0.29) is 0 Å². The number of aliphatic carboxylic acids is 1. The molecule has 2 amide bonds. The second kappa shape index (κ2) is 11.6. The van der Waals surface area contributed by atoms with Gasteiger partial charge in [-0.25, -0.2) is 32.9 Å². The van der Waals surface area contributed by atoms with Gasteiger partial charge < -0.3 is 10.4 Å². The number of carbonyl (C=O) groups excluding carboxylic acids is 1. The Morgan fingerprint density at radius 2 is 1.75 bits per heavy atom. The smallest absolute Gasteiger partial charge is 0.475 e. The number of carboxylic acids is 1. The van der Waals surface area contributed by atoms with E-state index in [2.05, 4.69) is 32.3 Å². The molecule has 14 heteroatoms. The molecule has 1 aliphatic heterocycles. The number of fused-ring (bicyclic) bond motifs is 1. The van der Waals surface area contributed by atoms with E-state index >= 15 is 0 Å². The van der Waals surface area contributed by atoms with Crippen molar-refractivity contribution >= 4 is 29.5 Å². The molecule has 5 rings (SSSR count). The normalized spacial score (nSPS) is 14.2. The average molecular weight is 556 g/mol. The van der Waals surface area contributed by atoms with Crippen LogP contribution in [0, 0.1) is 23.5 Å². The summed E-state index contributed by atoms with van der Waals surface area (Å²) in [6.07, 6.45) is 0.109. The number of carboxylic acid groups (broad SMARTS) is 1. The Morgan fingerprint density at radius 3 is 2.45 bits per heavy atom. The minimum absolute atomic E-state index is 0.335. The van der Waals surface area contributed by atoms with Crippen LogP contribution in [-0.4, -0.2) is 49.1 Å². The van der Waals surface area contributed by atoms with Gasteiger partial charge in [0.15, 0.2) is 5.65 Å². The SMILES string of the molecule is O=C(Nc1cccc(C#Cc2cnc3cccnn23)c1)N1N=CC[C@H]1c1cc(F)cc(F)c1.O=C(O)C(F)(F)F. The van der Waals surface area contributed by atoms with Crippen LogP contribution in [0.2, 0.25) is 0 Å². The number of aromatic nitrogens is 3. The van der Waals surface area contributed by atoms with Gasteiger partial charge in [0, 0.05) is 36.1 Å². The third kappa shape index (κ3) is 6.76. The van der Waals surface area contributed by atoms with Crippen LogP contribution < -0.4 is 5.32 Å². The van der Waals surface area contributed by atoms with Crippen LogP contribution in [0.4, 0.5) is 32.4 Å².